The van der Waals surface area contributed by atoms with Crippen LogP contribution in [0.1, 0.15) is 15.9 Å². The molecule has 3 aromatic rings. The molecule has 0 spiro atoms. The first kappa shape index (κ1) is 14.1. The molecule has 0 fully saturated rings. The van der Waals surface area contributed by atoms with Crippen LogP contribution in [0.4, 0.5) is 5.69 Å². The first-order chi connectivity index (χ1) is 10.6. The Kier molecular flexibility index (Phi) is 3.51. The molecule has 0 bridgehead atoms. The Hall–Kier alpha value is -2.88. The van der Waals surface area contributed by atoms with Crippen LogP contribution in [0.2, 0.25) is 0 Å². The number of ketones is 1. The van der Waals surface area contributed by atoms with E-state index in [1.165, 1.54) is 0 Å². The van der Waals surface area contributed by atoms with Gasteiger partial charge in [-0.05, 0) is 25.1 Å². The molecule has 0 aliphatic carbocycles. The van der Waals surface area contributed by atoms with Crippen molar-refractivity contribution in [1.29, 1.82) is 0 Å². The number of aryl methyl sites for hydroxylation is 2. The lowest BCUT2D eigenvalue weighted by atomic mass is 10.1. The summed E-state index contributed by atoms with van der Waals surface area (Å²) in [4.78, 5) is 24.6. The third-order valence-electron chi connectivity index (χ3n) is 3.66. The first-order valence-electron chi connectivity index (χ1n) is 7.02. The molecular formula is C18H16N2O2. The number of carbonyl (C=O) groups excluding carboxylic acids is 2. The minimum absolute atomic E-state index is 0.419. The van der Waals surface area contributed by atoms with Gasteiger partial charge in [0.05, 0.1) is 5.56 Å². The minimum atomic E-state index is -0.625. The monoisotopic (exact) mass is 292 g/mol. The zero-order chi connectivity index (χ0) is 15.7. The highest BCUT2D eigenvalue weighted by Gasteiger charge is 2.20. The highest BCUT2D eigenvalue weighted by atomic mass is 16.2. The second kappa shape index (κ2) is 5.48. The molecule has 0 radical (unpaired) electrons. The average Bonchev–Trinajstić information content (AvgIpc) is 2.86. The number of aromatic nitrogens is 1. The maximum absolute atomic E-state index is 12.4. The molecule has 22 heavy (non-hydrogen) atoms. The number of amides is 1. The Labute approximate surface area is 128 Å². The molecule has 1 amide bonds. The molecule has 1 N–H and O–H groups in total. The SMILES string of the molecule is Cc1ccc(NC(=O)C(=O)c2cn(C)c3ccccc23)cc1. The largest absolute Gasteiger partial charge is 0.350 e. The van der Waals surface area contributed by atoms with Gasteiger partial charge in [0.2, 0.25) is 0 Å². The van der Waals surface area contributed by atoms with Gasteiger partial charge in [-0.3, -0.25) is 9.59 Å². The Balaban J connectivity index is 1.89. The summed E-state index contributed by atoms with van der Waals surface area (Å²) in [7, 11) is 1.86. The molecule has 4 nitrogen and oxygen atoms in total. The van der Waals surface area contributed by atoms with Crippen LogP contribution in [0.3, 0.4) is 0 Å². The summed E-state index contributed by atoms with van der Waals surface area (Å²) < 4.78 is 1.85. The number of rotatable bonds is 3. The number of hydrogen-bond acceptors (Lipinski definition) is 2. The van der Waals surface area contributed by atoms with Crippen molar-refractivity contribution >= 4 is 28.3 Å². The number of fused-ring (bicyclic) bond motifs is 1. The van der Waals surface area contributed by atoms with Gasteiger partial charge < -0.3 is 9.88 Å². The van der Waals surface area contributed by atoms with E-state index >= 15 is 0 Å². The highest BCUT2D eigenvalue weighted by molar-refractivity contribution is 6.48. The molecule has 110 valence electrons. The fourth-order valence-corrected chi connectivity index (χ4v) is 2.47. The molecule has 0 aliphatic rings. The van der Waals surface area contributed by atoms with Gasteiger partial charge in [-0.2, -0.15) is 0 Å². The smallest absolute Gasteiger partial charge is 0.296 e. The van der Waals surface area contributed by atoms with Gasteiger partial charge in [-0.25, -0.2) is 0 Å². The summed E-state index contributed by atoms with van der Waals surface area (Å²) in [5, 5.41) is 3.43. The lowest BCUT2D eigenvalue weighted by Crippen LogP contribution is -2.22. The number of hydrogen-bond donors (Lipinski definition) is 1. The molecule has 1 heterocycles. The van der Waals surface area contributed by atoms with E-state index in [9.17, 15) is 9.59 Å². The summed E-state index contributed by atoms with van der Waals surface area (Å²) in [5.41, 5.74) is 3.05. The third-order valence-corrected chi connectivity index (χ3v) is 3.66. The van der Waals surface area contributed by atoms with Crippen molar-refractivity contribution in [3.05, 3.63) is 65.9 Å². The molecule has 0 atom stereocenters. The van der Waals surface area contributed by atoms with Gasteiger partial charge in [0, 0.05) is 29.8 Å². The van der Waals surface area contributed by atoms with Crippen molar-refractivity contribution in [3.63, 3.8) is 0 Å². The van der Waals surface area contributed by atoms with E-state index in [1.54, 1.807) is 18.3 Å². The Morgan fingerprint density at radius 2 is 1.68 bits per heavy atom. The molecule has 0 unspecified atom stereocenters. The number of anilines is 1. The van der Waals surface area contributed by atoms with E-state index in [0.717, 1.165) is 16.5 Å². The second-order valence-electron chi connectivity index (χ2n) is 5.32. The van der Waals surface area contributed by atoms with Crippen LogP contribution in [-0.2, 0) is 11.8 Å². The topological polar surface area (TPSA) is 51.1 Å². The summed E-state index contributed by atoms with van der Waals surface area (Å²) in [6.45, 7) is 1.97. The van der Waals surface area contributed by atoms with E-state index in [0.29, 0.717) is 11.3 Å². The van der Waals surface area contributed by atoms with E-state index in [4.69, 9.17) is 0 Å². The molecule has 0 saturated heterocycles. The quantitative estimate of drug-likeness (QED) is 0.595. The Morgan fingerprint density at radius 3 is 2.41 bits per heavy atom. The van der Waals surface area contributed by atoms with Gasteiger partial charge in [0.15, 0.2) is 0 Å². The zero-order valence-corrected chi connectivity index (χ0v) is 12.5. The normalized spacial score (nSPS) is 10.6. The number of carbonyl (C=O) groups is 2. The predicted molar refractivity (Wildman–Crippen MR) is 87.1 cm³/mol. The van der Waals surface area contributed by atoms with Crippen molar-refractivity contribution < 1.29 is 9.59 Å². The van der Waals surface area contributed by atoms with Crippen LogP contribution in [0.5, 0.6) is 0 Å². The lowest BCUT2D eigenvalue weighted by molar-refractivity contribution is -0.112. The predicted octanol–water partition coefficient (Wildman–Crippen LogP) is 3.31. The summed E-state index contributed by atoms with van der Waals surface area (Å²) >= 11 is 0. The van der Waals surface area contributed by atoms with E-state index < -0.39 is 11.7 Å². The van der Waals surface area contributed by atoms with Gasteiger partial charge in [0.25, 0.3) is 11.7 Å². The summed E-state index contributed by atoms with van der Waals surface area (Å²) in [5.74, 6) is -1.16. The van der Waals surface area contributed by atoms with Gasteiger partial charge >= 0.3 is 0 Å². The maximum atomic E-state index is 12.4. The molecule has 2 aromatic carbocycles. The van der Waals surface area contributed by atoms with Crippen molar-refractivity contribution in [1.82, 2.24) is 4.57 Å². The fourth-order valence-electron chi connectivity index (χ4n) is 2.47. The zero-order valence-electron chi connectivity index (χ0n) is 12.5. The number of nitrogens with zero attached hydrogens (tertiary/aromatic N) is 1. The van der Waals surface area contributed by atoms with Crippen LogP contribution < -0.4 is 5.32 Å². The third kappa shape index (κ3) is 2.51. The summed E-state index contributed by atoms with van der Waals surface area (Å²) in [6.07, 6.45) is 1.70. The molecule has 0 aliphatic heterocycles. The number of benzene rings is 2. The average molecular weight is 292 g/mol. The van der Waals surface area contributed by atoms with Crippen molar-refractivity contribution in [3.8, 4) is 0 Å². The van der Waals surface area contributed by atoms with Crippen LogP contribution in [0.15, 0.2) is 54.7 Å². The van der Waals surface area contributed by atoms with Gasteiger partial charge in [-0.1, -0.05) is 35.9 Å². The molecule has 0 saturated carbocycles. The highest BCUT2D eigenvalue weighted by Crippen LogP contribution is 2.21. The molecular weight excluding hydrogens is 276 g/mol. The number of nitrogens with one attached hydrogen (secondary N) is 1. The standard InChI is InChI=1S/C18H16N2O2/c1-12-7-9-13(10-8-12)19-18(22)17(21)15-11-20(2)16-6-4-3-5-14(15)16/h3-11H,1-2H3,(H,19,22). The van der Waals surface area contributed by atoms with Gasteiger partial charge in [-0.15, -0.1) is 0 Å². The maximum Gasteiger partial charge on any atom is 0.296 e. The van der Waals surface area contributed by atoms with Gasteiger partial charge in [0.1, 0.15) is 0 Å². The number of Topliss-reactive ketones (excluding diaryl/α,β-unsaturated/α-hetero) is 1. The molecule has 1 aromatic heterocycles. The number of para-hydroxylation sites is 1. The van der Waals surface area contributed by atoms with Crippen LogP contribution in [0.25, 0.3) is 10.9 Å². The van der Waals surface area contributed by atoms with Crippen molar-refractivity contribution in [2.75, 3.05) is 5.32 Å². The Bertz CT molecular complexity index is 860. The lowest BCUT2D eigenvalue weighted by Gasteiger charge is -2.04. The fraction of sp³-hybridized carbons (Fsp3) is 0.111. The molecule has 4 heteroatoms. The van der Waals surface area contributed by atoms with Crippen molar-refractivity contribution in [2.24, 2.45) is 7.05 Å². The molecule has 3 rings (SSSR count). The van der Waals surface area contributed by atoms with E-state index in [-0.39, 0.29) is 0 Å². The second-order valence-corrected chi connectivity index (χ2v) is 5.32. The van der Waals surface area contributed by atoms with E-state index in [1.807, 2.05) is 54.9 Å². The van der Waals surface area contributed by atoms with Crippen molar-refractivity contribution in [2.45, 2.75) is 6.92 Å². The van der Waals surface area contributed by atoms with E-state index in [2.05, 4.69) is 5.32 Å². The summed E-state index contributed by atoms with van der Waals surface area (Å²) in [6, 6.07) is 14.9. The minimum Gasteiger partial charge on any atom is -0.350 e. The van der Waals surface area contributed by atoms with Crippen LogP contribution in [0, 0.1) is 6.92 Å². The van der Waals surface area contributed by atoms with Crippen LogP contribution in [-0.4, -0.2) is 16.3 Å². The van der Waals surface area contributed by atoms with Crippen LogP contribution >= 0.6 is 0 Å². The first-order valence-corrected chi connectivity index (χ1v) is 7.02. The Morgan fingerprint density at radius 1 is 1.00 bits per heavy atom.